The van der Waals surface area contributed by atoms with Gasteiger partial charge < -0.3 is 5.73 Å². The fourth-order valence-corrected chi connectivity index (χ4v) is 1.71. The standard InChI is InChI=1S/C10H10F3N3/c11-10(12,13)9-8-6(4-5-14)2-1-3-7(8)15-16-9/h1-3H,4-5,14H2,(H,15,16). The summed E-state index contributed by atoms with van der Waals surface area (Å²) < 4.78 is 38.0. The maximum atomic E-state index is 12.7. The molecule has 1 heterocycles. The minimum atomic E-state index is -4.42. The van der Waals surface area contributed by atoms with Crippen molar-refractivity contribution in [2.45, 2.75) is 12.6 Å². The van der Waals surface area contributed by atoms with E-state index >= 15 is 0 Å². The van der Waals surface area contributed by atoms with Gasteiger partial charge in [-0.1, -0.05) is 12.1 Å². The zero-order valence-corrected chi connectivity index (χ0v) is 8.30. The van der Waals surface area contributed by atoms with Gasteiger partial charge in [-0.2, -0.15) is 18.3 Å². The fraction of sp³-hybridized carbons (Fsp3) is 0.300. The van der Waals surface area contributed by atoms with Gasteiger partial charge in [0.15, 0.2) is 0 Å². The summed E-state index contributed by atoms with van der Waals surface area (Å²) in [5.74, 6) is 0. The first kappa shape index (κ1) is 10.9. The Labute approximate surface area is 89.4 Å². The van der Waals surface area contributed by atoms with Gasteiger partial charge in [0.05, 0.1) is 5.52 Å². The molecule has 0 radical (unpaired) electrons. The highest BCUT2D eigenvalue weighted by Crippen LogP contribution is 2.34. The lowest BCUT2D eigenvalue weighted by molar-refractivity contribution is -0.139. The van der Waals surface area contributed by atoms with Gasteiger partial charge in [0.1, 0.15) is 5.69 Å². The number of fused-ring (bicyclic) bond motifs is 1. The molecule has 2 rings (SSSR count). The summed E-state index contributed by atoms with van der Waals surface area (Å²) in [7, 11) is 0. The Morgan fingerprint density at radius 1 is 1.31 bits per heavy atom. The number of rotatable bonds is 2. The lowest BCUT2D eigenvalue weighted by atomic mass is 10.0. The highest BCUT2D eigenvalue weighted by atomic mass is 19.4. The van der Waals surface area contributed by atoms with Crippen molar-refractivity contribution in [3.63, 3.8) is 0 Å². The number of aromatic amines is 1. The van der Waals surface area contributed by atoms with Gasteiger partial charge in [0.2, 0.25) is 0 Å². The van der Waals surface area contributed by atoms with Crippen molar-refractivity contribution in [1.82, 2.24) is 10.2 Å². The highest BCUT2D eigenvalue weighted by Gasteiger charge is 2.35. The second-order valence-electron chi connectivity index (χ2n) is 3.45. The number of H-pyrrole nitrogens is 1. The molecule has 0 bridgehead atoms. The van der Waals surface area contributed by atoms with E-state index in [1.807, 2.05) is 5.10 Å². The third-order valence-corrected chi connectivity index (χ3v) is 2.36. The van der Waals surface area contributed by atoms with Crippen LogP contribution < -0.4 is 5.73 Å². The predicted molar refractivity (Wildman–Crippen MR) is 53.9 cm³/mol. The lowest BCUT2D eigenvalue weighted by Crippen LogP contribution is -2.08. The normalized spacial score (nSPS) is 12.2. The van der Waals surface area contributed by atoms with Crippen LogP contribution in [0.1, 0.15) is 11.3 Å². The summed E-state index contributed by atoms with van der Waals surface area (Å²) in [4.78, 5) is 0. The van der Waals surface area contributed by atoms with E-state index in [2.05, 4.69) is 5.10 Å². The van der Waals surface area contributed by atoms with E-state index in [9.17, 15) is 13.2 Å². The molecule has 2 aromatic rings. The topological polar surface area (TPSA) is 54.7 Å². The molecular weight excluding hydrogens is 219 g/mol. The predicted octanol–water partition coefficient (Wildman–Crippen LogP) is 2.08. The van der Waals surface area contributed by atoms with Crippen LogP contribution in [-0.4, -0.2) is 16.7 Å². The second-order valence-corrected chi connectivity index (χ2v) is 3.45. The molecule has 0 aliphatic heterocycles. The average Bonchev–Trinajstić information content (AvgIpc) is 2.62. The highest BCUT2D eigenvalue weighted by molar-refractivity contribution is 5.85. The Morgan fingerprint density at radius 3 is 2.69 bits per heavy atom. The van der Waals surface area contributed by atoms with Crippen LogP contribution in [0.2, 0.25) is 0 Å². The molecule has 3 nitrogen and oxygen atoms in total. The van der Waals surface area contributed by atoms with Gasteiger partial charge in [-0.05, 0) is 24.6 Å². The van der Waals surface area contributed by atoms with Gasteiger partial charge >= 0.3 is 6.18 Å². The van der Waals surface area contributed by atoms with Crippen molar-refractivity contribution in [3.8, 4) is 0 Å². The first-order valence-corrected chi connectivity index (χ1v) is 4.77. The quantitative estimate of drug-likeness (QED) is 0.828. The molecule has 0 amide bonds. The third kappa shape index (κ3) is 1.76. The third-order valence-electron chi connectivity index (χ3n) is 2.36. The number of benzene rings is 1. The van der Waals surface area contributed by atoms with E-state index in [0.29, 0.717) is 24.0 Å². The molecule has 3 N–H and O–H groups in total. The van der Waals surface area contributed by atoms with Gasteiger partial charge in [0.25, 0.3) is 0 Å². The molecule has 1 aromatic carbocycles. The number of hydrogen-bond acceptors (Lipinski definition) is 2. The number of nitrogens with one attached hydrogen (secondary N) is 1. The zero-order chi connectivity index (χ0) is 11.8. The molecule has 0 saturated heterocycles. The van der Waals surface area contributed by atoms with E-state index < -0.39 is 11.9 Å². The molecule has 0 unspecified atom stereocenters. The minimum absolute atomic E-state index is 0.125. The summed E-state index contributed by atoms with van der Waals surface area (Å²) in [6, 6.07) is 4.86. The van der Waals surface area contributed by atoms with Crippen LogP contribution in [0.3, 0.4) is 0 Å². The van der Waals surface area contributed by atoms with Crippen molar-refractivity contribution < 1.29 is 13.2 Å². The van der Waals surface area contributed by atoms with Crippen LogP contribution in [0.4, 0.5) is 13.2 Å². The van der Waals surface area contributed by atoms with E-state index in [-0.39, 0.29) is 5.39 Å². The van der Waals surface area contributed by atoms with Crippen molar-refractivity contribution in [3.05, 3.63) is 29.5 Å². The fourth-order valence-electron chi connectivity index (χ4n) is 1.71. The summed E-state index contributed by atoms with van der Waals surface area (Å²) in [5.41, 5.74) is 5.46. The summed E-state index contributed by atoms with van der Waals surface area (Å²) >= 11 is 0. The van der Waals surface area contributed by atoms with E-state index in [4.69, 9.17) is 5.73 Å². The van der Waals surface area contributed by atoms with Gasteiger partial charge in [0, 0.05) is 5.39 Å². The molecule has 86 valence electrons. The molecule has 0 saturated carbocycles. The second kappa shape index (κ2) is 3.79. The number of aromatic nitrogens is 2. The summed E-state index contributed by atoms with van der Waals surface area (Å²) in [6.07, 6.45) is -4.01. The number of alkyl halides is 3. The molecular formula is C10H10F3N3. The van der Waals surface area contributed by atoms with Crippen LogP contribution in [0, 0.1) is 0 Å². The van der Waals surface area contributed by atoms with Crippen LogP contribution in [0.5, 0.6) is 0 Å². The smallest absolute Gasteiger partial charge is 0.330 e. The number of halogens is 3. The van der Waals surface area contributed by atoms with Gasteiger partial charge in [-0.15, -0.1) is 0 Å². The Kier molecular flexibility index (Phi) is 2.59. The first-order valence-electron chi connectivity index (χ1n) is 4.77. The Hall–Kier alpha value is -1.56. The van der Waals surface area contributed by atoms with Gasteiger partial charge in [-0.3, -0.25) is 5.10 Å². The van der Waals surface area contributed by atoms with Gasteiger partial charge in [-0.25, -0.2) is 0 Å². The van der Waals surface area contributed by atoms with Crippen LogP contribution in [0.15, 0.2) is 18.2 Å². The maximum absolute atomic E-state index is 12.7. The first-order chi connectivity index (χ1) is 7.54. The molecule has 0 aliphatic rings. The van der Waals surface area contributed by atoms with Crippen molar-refractivity contribution in [1.29, 1.82) is 0 Å². The molecule has 0 fully saturated rings. The average molecular weight is 229 g/mol. The maximum Gasteiger partial charge on any atom is 0.433 e. The van der Waals surface area contributed by atoms with E-state index in [0.717, 1.165) is 0 Å². The van der Waals surface area contributed by atoms with Crippen molar-refractivity contribution in [2.75, 3.05) is 6.54 Å². The van der Waals surface area contributed by atoms with E-state index in [1.54, 1.807) is 18.2 Å². The Balaban J connectivity index is 2.68. The van der Waals surface area contributed by atoms with Crippen molar-refractivity contribution in [2.24, 2.45) is 5.73 Å². The largest absolute Gasteiger partial charge is 0.433 e. The monoisotopic (exact) mass is 229 g/mol. The minimum Gasteiger partial charge on any atom is -0.330 e. The van der Waals surface area contributed by atoms with Crippen molar-refractivity contribution >= 4 is 10.9 Å². The lowest BCUT2D eigenvalue weighted by Gasteiger charge is -2.06. The molecule has 0 atom stereocenters. The van der Waals surface area contributed by atoms with Crippen LogP contribution >= 0.6 is 0 Å². The SMILES string of the molecule is NCCc1cccc2n[nH]c(C(F)(F)F)c12. The van der Waals surface area contributed by atoms with Crippen LogP contribution in [0.25, 0.3) is 10.9 Å². The molecule has 16 heavy (non-hydrogen) atoms. The van der Waals surface area contributed by atoms with E-state index in [1.165, 1.54) is 0 Å². The summed E-state index contributed by atoms with van der Waals surface area (Å²) in [6.45, 7) is 0.307. The molecule has 1 aromatic heterocycles. The Bertz CT molecular complexity index is 501. The summed E-state index contributed by atoms with van der Waals surface area (Å²) in [5, 5.41) is 5.80. The molecule has 0 aliphatic carbocycles. The number of nitrogens with zero attached hydrogens (tertiary/aromatic N) is 1. The van der Waals surface area contributed by atoms with Crippen LogP contribution in [-0.2, 0) is 12.6 Å². The molecule has 0 spiro atoms. The Morgan fingerprint density at radius 2 is 2.06 bits per heavy atom. The number of nitrogens with two attached hydrogens (primary N) is 1. The molecule has 6 heteroatoms. The zero-order valence-electron chi connectivity index (χ0n) is 8.30. The number of hydrogen-bond donors (Lipinski definition) is 2.